The van der Waals surface area contributed by atoms with Crippen LogP contribution in [-0.2, 0) is 9.53 Å². The van der Waals surface area contributed by atoms with Crippen molar-refractivity contribution in [2.24, 2.45) is 0 Å². The van der Waals surface area contributed by atoms with Gasteiger partial charge in [-0.05, 0) is 27.7 Å². The third-order valence-corrected chi connectivity index (χ3v) is 1.12. The summed E-state index contributed by atoms with van der Waals surface area (Å²) < 4.78 is 5.03. The van der Waals surface area contributed by atoms with Crippen molar-refractivity contribution in [2.45, 2.75) is 33.3 Å². The molecular formula is C10H14O2. The molecule has 0 fully saturated rings. The second kappa shape index (κ2) is 3.96. The Morgan fingerprint density at radius 2 is 2.00 bits per heavy atom. The molecule has 0 rings (SSSR count). The zero-order valence-electron chi connectivity index (χ0n) is 8.02. The first-order valence-corrected chi connectivity index (χ1v) is 3.72. The Kier molecular flexibility index (Phi) is 3.56. The second-order valence-corrected chi connectivity index (χ2v) is 3.06. The summed E-state index contributed by atoms with van der Waals surface area (Å²) in [6, 6.07) is 0. The Morgan fingerprint density at radius 1 is 1.50 bits per heavy atom. The van der Waals surface area contributed by atoms with Crippen LogP contribution in [0.3, 0.4) is 0 Å². The number of esters is 1. The molecule has 0 aliphatic heterocycles. The van der Waals surface area contributed by atoms with Crippen molar-refractivity contribution in [1.82, 2.24) is 0 Å². The van der Waals surface area contributed by atoms with Gasteiger partial charge in [0.25, 0.3) is 0 Å². The zero-order chi connectivity index (χ0) is 9.78. The van der Waals surface area contributed by atoms with Crippen LogP contribution in [-0.4, -0.2) is 11.6 Å². The SMILES string of the molecule is C=C(C)C(=O)OC(C)(C)C#CC. The molecule has 0 aliphatic carbocycles. The van der Waals surface area contributed by atoms with Crippen molar-refractivity contribution in [1.29, 1.82) is 0 Å². The highest BCUT2D eigenvalue weighted by atomic mass is 16.6. The van der Waals surface area contributed by atoms with E-state index in [2.05, 4.69) is 18.4 Å². The summed E-state index contributed by atoms with van der Waals surface area (Å²) in [5.74, 6) is 5.07. The number of carbonyl (C=O) groups excluding carboxylic acids is 1. The molecule has 2 nitrogen and oxygen atoms in total. The smallest absolute Gasteiger partial charge is 0.334 e. The van der Waals surface area contributed by atoms with Crippen LogP contribution in [0.25, 0.3) is 0 Å². The summed E-state index contributed by atoms with van der Waals surface area (Å²) >= 11 is 0. The van der Waals surface area contributed by atoms with Crippen LogP contribution in [0.5, 0.6) is 0 Å². The van der Waals surface area contributed by atoms with E-state index in [4.69, 9.17) is 4.74 Å². The molecule has 0 saturated carbocycles. The largest absolute Gasteiger partial charge is 0.443 e. The molecule has 2 heteroatoms. The van der Waals surface area contributed by atoms with Gasteiger partial charge in [-0.25, -0.2) is 4.79 Å². The average molecular weight is 166 g/mol. The minimum atomic E-state index is -0.717. The Balaban J connectivity index is 4.31. The van der Waals surface area contributed by atoms with E-state index in [-0.39, 0.29) is 0 Å². The number of hydrogen-bond acceptors (Lipinski definition) is 2. The number of hydrogen-bond donors (Lipinski definition) is 0. The molecule has 0 atom stereocenters. The third-order valence-electron chi connectivity index (χ3n) is 1.12. The van der Waals surface area contributed by atoms with E-state index in [0.29, 0.717) is 5.57 Å². The topological polar surface area (TPSA) is 26.3 Å². The summed E-state index contributed by atoms with van der Waals surface area (Å²) in [6.45, 7) is 10.3. The van der Waals surface area contributed by atoms with E-state index >= 15 is 0 Å². The minimum Gasteiger partial charge on any atom is -0.443 e. The number of carbonyl (C=O) groups is 1. The summed E-state index contributed by atoms with van der Waals surface area (Å²) in [4.78, 5) is 11.0. The van der Waals surface area contributed by atoms with Crippen LogP contribution in [0.1, 0.15) is 27.7 Å². The van der Waals surface area contributed by atoms with Crippen molar-refractivity contribution in [3.8, 4) is 11.8 Å². The summed E-state index contributed by atoms with van der Waals surface area (Å²) in [5.41, 5.74) is -0.328. The highest BCUT2D eigenvalue weighted by Crippen LogP contribution is 2.09. The van der Waals surface area contributed by atoms with Crippen LogP contribution in [0.4, 0.5) is 0 Å². The highest BCUT2D eigenvalue weighted by Gasteiger charge is 2.19. The van der Waals surface area contributed by atoms with Gasteiger partial charge in [0.1, 0.15) is 0 Å². The quantitative estimate of drug-likeness (QED) is 0.356. The normalized spacial score (nSPS) is 9.67. The van der Waals surface area contributed by atoms with Crippen molar-refractivity contribution >= 4 is 5.97 Å². The van der Waals surface area contributed by atoms with Gasteiger partial charge >= 0.3 is 5.97 Å². The molecule has 66 valence electrons. The molecule has 12 heavy (non-hydrogen) atoms. The van der Waals surface area contributed by atoms with Crippen LogP contribution in [0.2, 0.25) is 0 Å². The van der Waals surface area contributed by atoms with E-state index < -0.39 is 11.6 Å². The molecule has 0 aromatic rings. The minimum absolute atomic E-state index is 0.390. The molecule has 0 bridgehead atoms. The van der Waals surface area contributed by atoms with E-state index in [9.17, 15) is 4.79 Å². The van der Waals surface area contributed by atoms with E-state index in [0.717, 1.165) is 0 Å². The predicted octanol–water partition coefficient (Wildman–Crippen LogP) is 1.91. The van der Waals surface area contributed by atoms with E-state index in [1.54, 1.807) is 27.7 Å². The Morgan fingerprint density at radius 3 is 2.33 bits per heavy atom. The van der Waals surface area contributed by atoms with E-state index in [1.807, 2.05) is 0 Å². The maximum atomic E-state index is 11.0. The molecule has 0 unspecified atom stereocenters. The van der Waals surface area contributed by atoms with Gasteiger partial charge in [-0.15, -0.1) is 5.92 Å². The highest BCUT2D eigenvalue weighted by molar-refractivity contribution is 5.87. The molecule has 0 aromatic heterocycles. The Hall–Kier alpha value is -1.23. The van der Waals surface area contributed by atoms with Gasteiger partial charge in [0.2, 0.25) is 0 Å². The molecule has 0 N–H and O–H groups in total. The Labute approximate surface area is 73.6 Å². The van der Waals surface area contributed by atoms with Gasteiger partial charge in [-0.1, -0.05) is 12.5 Å². The summed E-state index contributed by atoms with van der Waals surface area (Å²) in [5, 5.41) is 0. The molecule has 0 aromatic carbocycles. The maximum Gasteiger partial charge on any atom is 0.334 e. The standard InChI is InChI=1S/C10H14O2/c1-6-7-10(4,5)12-9(11)8(2)3/h2H2,1,3-5H3. The number of rotatable bonds is 2. The molecule has 0 heterocycles. The van der Waals surface area contributed by atoms with Crippen molar-refractivity contribution in [2.75, 3.05) is 0 Å². The molecular weight excluding hydrogens is 152 g/mol. The molecule has 0 spiro atoms. The Bertz CT molecular complexity index is 251. The fourth-order valence-corrected chi connectivity index (χ4v) is 0.645. The lowest BCUT2D eigenvalue weighted by molar-refractivity contribution is -0.146. The molecule has 0 saturated heterocycles. The van der Waals surface area contributed by atoms with Gasteiger partial charge in [0.15, 0.2) is 5.60 Å². The number of ether oxygens (including phenoxy) is 1. The lowest BCUT2D eigenvalue weighted by Gasteiger charge is -2.18. The van der Waals surface area contributed by atoms with Crippen LogP contribution in [0.15, 0.2) is 12.2 Å². The van der Waals surface area contributed by atoms with Gasteiger partial charge in [0, 0.05) is 5.57 Å². The summed E-state index contributed by atoms with van der Waals surface area (Å²) in [6.07, 6.45) is 0. The molecule has 0 aliphatic rings. The lowest BCUT2D eigenvalue weighted by Crippen LogP contribution is -2.26. The van der Waals surface area contributed by atoms with Gasteiger partial charge < -0.3 is 4.74 Å². The van der Waals surface area contributed by atoms with Crippen LogP contribution in [0, 0.1) is 11.8 Å². The van der Waals surface area contributed by atoms with Crippen molar-refractivity contribution in [3.05, 3.63) is 12.2 Å². The summed E-state index contributed by atoms with van der Waals surface area (Å²) in [7, 11) is 0. The average Bonchev–Trinajstić information content (AvgIpc) is 1.85. The van der Waals surface area contributed by atoms with E-state index in [1.165, 1.54) is 0 Å². The first-order chi connectivity index (χ1) is 5.39. The third kappa shape index (κ3) is 3.82. The van der Waals surface area contributed by atoms with Crippen molar-refractivity contribution in [3.63, 3.8) is 0 Å². The molecule has 0 amide bonds. The lowest BCUT2D eigenvalue weighted by atomic mass is 10.1. The first kappa shape index (κ1) is 10.8. The van der Waals surface area contributed by atoms with Gasteiger partial charge in [0.05, 0.1) is 0 Å². The van der Waals surface area contributed by atoms with Crippen LogP contribution < -0.4 is 0 Å². The maximum absolute atomic E-state index is 11.0. The zero-order valence-corrected chi connectivity index (χ0v) is 8.02. The van der Waals surface area contributed by atoms with Crippen LogP contribution >= 0.6 is 0 Å². The van der Waals surface area contributed by atoms with Gasteiger partial charge in [-0.2, -0.15) is 0 Å². The fourth-order valence-electron chi connectivity index (χ4n) is 0.645. The molecule has 0 radical (unpaired) electrons. The van der Waals surface area contributed by atoms with Gasteiger partial charge in [-0.3, -0.25) is 0 Å². The second-order valence-electron chi connectivity index (χ2n) is 3.06. The first-order valence-electron chi connectivity index (χ1n) is 3.72. The van der Waals surface area contributed by atoms with Crippen molar-refractivity contribution < 1.29 is 9.53 Å². The predicted molar refractivity (Wildman–Crippen MR) is 48.4 cm³/mol. The monoisotopic (exact) mass is 166 g/mol. The fraction of sp³-hybridized carbons (Fsp3) is 0.500.